The number of rotatable bonds is 4. The molecule has 5 nitrogen and oxygen atoms in total. The van der Waals surface area contributed by atoms with Crippen molar-refractivity contribution in [2.24, 2.45) is 0 Å². The first-order valence-electron chi connectivity index (χ1n) is 8.81. The molecule has 1 N–H and O–H groups in total. The number of carbonyl (C=O) groups excluding carboxylic acids is 2. The largest absolute Gasteiger partial charge is 0.342 e. The van der Waals surface area contributed by atoms with E-state index in [1.54, 1.807) is 22.9 Å². The standard InChI is InChI=1S/C20H21N3O2S/c1-20-11-10-17(24)23(20)16(13-26-20)19(25)22-18(14-7-3-2-4-8-14)15-9-5-6-12-21-15/h2-9,12,16,18H,10-11,13H2,1H3,(H,22,25). The number of pyridine rings is 1. The predicted molar refractivity (Wildman–Crippen MR) is 101 cm³/mol. The lowest BCUT2D eigenvalue weighted by molar-refractivity contribution is -0.138. The Morgan fingerprint density at radius 2 is 2.04 bits per heavy atom. The van der Waals surface area contributed by atoms with Crippen molar-refractivity contribution in [3.8, 4) is 0 Å². The van der Waals surface area contributed by atoms with Gasteiger partial charge in [0.25, 0.3) is 0 Å². The monoisotopic (exact) mass is 367 g/mol. The SMILES string of the molecule is CC12CCC(=O)N1C(C(=O)NC(c1ccccc1)c1ccccn1)CS2. The lowest BCUT2D eigenvalue weighted by Crippen LogP contribution is -2.50. The van der Waals surface area contributed by atoms with Crippen LogP contribution in [0.3, 0.4) is 0 Å². The first kappa shape index (κ1) is 17.1. The Morgan fingerprint density at radius 1 is 1.27 bits per heavy atom. The summed E-state index contributed by atoms with van der Waals surface area (Å²) < 4.78 is 0. The van der Waals surface area contributed by atoms with E-state index in [0.29, 0.717) is 12.2 Å². The van der Waals surface area contributed by atoms with Crippen molar-refractivity contribution in [3.63, 3.8) is 0 Å². The van der Waals surface area contributed by atoms with Gasteiger partial charge in [0.15, 0.2) is 0 Å². The van der Waals surface area contributed by atoms with Gasteiger partial charge in [-0.1, -0.05) is 36.4 Å². The summed E-state index contributed by atoms with van der Waals surface area (Å²) in [4.78, 5) is 31.4. The first-order valence-corrected chi connectivity index (χ1v) is 9.79. The highest BCUT2D eigenvalue weighted by molar-refractivity contribution is 8.01. The van der Waals surface area contributed by atoms with Crippen LogP contribution in [0.4, 0.5) is 0 Å². The lowest BCUT2D eigenvalue weighted by Gasteiger charge is -2.31. The fourth-order valence-corrected chi connectivity index (χ4v) is 5.21. The highest BCUT2D eigenvalue weighted by Crippen LogP contribution is 2.47. The van der Waals surface area contributed by atoms with E-state index in [1.807, 2.05) is 48.5 Å². The number of hydrogen-bond donors (Lipinski definition) is 1. The van der Waals surface area contributed by atoms with Gasteiger partial charge in [0, 0.05) is 18.4 Å². The van der Waals surface area contributed by atoms with Crippen LogP contribution in [0.1, 0.15) is 37.1 Å². The second-order valence-electron chi connectivity index (χ2n) is 6.87. The molecule has 4 rings (SSSR count). The van der Waals surface area contributed by atoms with Gasteiger partial charge in [0.1, 0.15) is 6.04 Å². The van der Waals surface area contributed by atoms with Gasteiger partial charge < -0.3 is 10.2 Å². The van der Waals surface area contributed by atoms with E-state index in [1.165, 1.54) is 0 Å². The minimum absolute atomic E-state index is 0.0757. The maximum atomic E-state index is 13.1. The van der Waals surface area contributed by atoms with Gasteiger partial charge in [0.05, 0.1) is 16.6 Å². The van der Waals surface area contributed by atoms with E-state index in [9.17, 15) is 9.59 Å². The predicted octanol–water partition coefficient (Wildman–Crippen LogP) is 2.74. The summed E-state index contributed by atoms with van der Waals surface area (Å²) in [5.41, 5.74) is 1.76. The van der Waals surface area contributed by atoms with Crippen molar-refractivity contribution >= 4 is 23.6 Å². The summed E-state index contributed by atoms with van der Waals surface area (Å²) in [6.45, 7) is 2.06. The Labute approximate surface area is 157 Å². The maximum absolute atomic E-state index is 13.1. The third-order valence-electron chi connectivity index (χ3n) is 5.15. The number of amides is 2. The molecule has 3 unspecified atom stereocenters. The summed E-state index contributed by atoms with van der Waals surface area (Å²) in [7, 11) is 0. The topological polar surface area (TPSA) is 62.3 Å². The van der Waals surface area contributed by atoms with Crippen molar-refractivity contribution in [1.29, 1.82) is 0 Å². The molecule has 2 aromatic rings. The van der Waals surface area contributed by atoms with Crippen LogP contribution in [-0.2, 0) is 9.59 Å². The van der Waals surface area contributed by atoms with Crippen molar-refractivity contribution < 1.29 is 9.59 Å². The number of thioether (sulfide) groups is 1. The molecule has 6 heteroatoms. The first-order chi connectivity index (χ1) is 12.6. The van der Waals surface area contributed by atoms with Gasteiger partial charge in [-0.25, -0.2) is 0 Å². The smallest absolute Gasteiger partial charge is 0.244 e. The van der Waals surface area contributed by atoms with E-state index >= 15 is 0 Å². The number of aromatic nitrogens is 1. The van der Waals surface area contributed by atoms with Crippen LogP contribution in [0.15, 0.2) is 54.7 Å². The number of fused-ring (bicyclic) bond motifs is 1. The molecule has 3 heterocycles. The van der Waals surface area contributed by atoms with E-state index < -0.39 is 6.04 Å². The minimum atomic E-state index is -0.421. The average Bonchev–Trinajstić information content (AvgIpc) is 3.17. The molecule has 2 aliphatic heterocycles. The highest BCUT2D eigenvalue weighted by atomic mass is 32.2. The van der Waals surface area contributed by atoms with Crippen LogP contribution in [-0.4, -0.2) is 38.4 Å². The summed E-state index contributed by atoms with van der Waals surface area (Å²) in [5, 5.41) is 3.13. The molecule has 2 aliphatic rings. The van der Waals surface area contributed by atoms with Crippen molar-refractivity contribution in [2.45, 2.75) is 36.7 Å². The van der Waals surface area contributed by atoms with E-state index in [-0.39, 0.29) is 22.7 Å². The van der Waals surface area contributed by atoms with Crippen molar-refractivity contribution in [2.75, 3.05) is 5.75 Å². The van der Waals surface area contributed by atoms with E-state index in [4.69, 9.17) is 0 Å². The molecule has 26 heavy (non-hydrogen) atoms. The van der Waals surface area contributed by atoms with E-state index in [0.717, 1.165) is 17.7 Å². The van der Waals surface area contributed by atoms with Crippen LogP contribution >= 0.6 is 11.8 Å². The molecule has 2 fully saturated rings. The average molecular weight is 367 g/mol. The third-order valence-corrected chi connectivity index (χ3v) is 6.66. The molecule has 2 saturated heterocycles. The van der Waals surface area contributed by atoms with Crippen LogP contribution in [0.25, 0.3) is 0 Å². The zero-order valence-corrected chi connectivity index (χ0v) is 15.4. The maximum Gasteiger partial charge on any atom is 0.244 e. The van der Waals surface area contributed by atoms with Gasteiger partial charge in [0.2, 0.25) is 11.8 Å². The van der Waals surface area contributed by atoms with Crippen LogP contribution in [0.2, 0.25) is 0 Å². The Hall–Kier alpha value is -2.34. The molecule has 0 aliphatic carbocycles. The zero-order valence-electron chi connectivity index (χ0n) is 14.6. The molecule has 0 saturated carbocycles. The fourth-order valence-electron chi connectivity index (χ4n) is 3.77. The quantitative estimate of drug-likeness (QED) is 0.903. The number of nitrogens with zero attached hydrogens (tertiary/aromatic N) is 2. The highest BCUT2D eigenvalue weighted by Gasteiger charge is 2.53. The number of nitrogens with one attached hydrogen (secondary N) is 1. The Morgan fingerprint density at radius 3 is 2.77 bits per heavy atom. The fraction of sp³-hybridized carbons (Fsp3) is 0.350. The Bertz CT molecular complexity index is 775. The molecule has 134 valence electrons. The van der Waals surface area contributed by atoms with Crippen molar-refractivity contribution in [1.82, 2.24) is 15.2 Å². The van der Waals surface area contributed by atoms with E-state index in [2.05, 4.69) is 17.2 Å². The molecular weight excluding hydrogens is 346 g/mol. The van der Waals surface area contributed by atoms with Gasteiger partial charge in [-0.05, 0) is 31.0 Å². The molecule has 0 bridgehead atoms. The lowest BCUT2D eigenvalue weighted by atomic mass is 10.0. The summed E-state index contributed by atoms with van der Waals surface area (Å²) in [5.74, 6) is 0.598. The van der Waals surface area contributed by atoms with Crippen molar-refractivity contribution in [3.05, 3.63) is 66.0 Å². The molecule has 0 radical (unpaired) electrons. The van der Waals surface area contributed by atoms with Gasteiger partial charge >= 0.3 is 0 Å². The zero-order chi connectivity index (χ0) is 18.1. The van der Waals surface area contributed by atoms with Gasteiger partial charge in [-0.3, -0.25) is 14.6 Å². The number of carbonyl (C=O) groups is 2. The normalized spacial score (nSPS) is 25.8. The summed E-state index contributed by atoms with van der Waals surface area (Å²) in [6.07, 6.45) is 3.06. The Kier molecular flexibility index (Phi) is 4.44. The molecular formula is C20H21N3O2S. The summed E-state index contributed by atoms with van der Waals surface area (Å²) >= 11 is 1.70. The number of benzene rings is 1. The second-order valence-corrected chi connectivity index (χ2v) is 8.37. The van der Waals surface area contributed by atoms with Crippen LogP contribution < -0.4 is 5.32 Å². The third kappa shape index (κ3) is 2.98. The Balaban J connectivity index is 1.60. The van der Waals surface area contributed by atoms with Gasteiger partial charge in [-0.2, -0.15) is 0 Å². The molecule has 0 spiro atoms. The molecule has 1 aromatic heterocycles. The second kappa shape index (κ2) is 6.76. The minimum Gasteiger partial charge on any atom is -0.342 e. The number of hydrogen-bond acceptors (Lipinski definition) is 4. The molecule has 1 aromatic carbocycles. The van der Waals surface area contributed by atoms with Gasteiger partial charge in [-0.15, -0.1) is 11.8 Å². The molecule has 2 amide bonds. The molecule has 3 atom stereocenters. The summed E-state index contributed by atoms with van der Waals surface area (Å²) in [6, 6.07) is 14.7. The van der Waals surface area contributed by atoms with Crippen LogP contribution in [0.5, 0.6) is 0 Å². The van der Waals surface area contributed by atoms with Crippen LogP contribution in [0, 0.1) is 0 Å².